The second-order valence-electron chi connectivity index (χ2n) is 5.04. The van der Waals surface area contributed by atoms with E-state index in [2.05, 4.69) is 40.6 Å². The van der Waals surface area contributed by atoms with E-state index >= 15 is 0 Å². The van der Waals surface area contributed by atoms with Gasteiger partial charge < -0.3 is 15.0 Å². The molecule has 20 heavy (non-hydrogen) atoms. The SMILES string of the molecule is C=CCN(CCOC)c1ncc(CNC(C)C)c(C)n1. The first-order valence-electron chi connectivity index (χ1n) is 6.99. The fourth-order valence-corrected chi connectivity index (χ4v) is 1.75. The first-order valence-corrected chi connectivity index (χ1v) is 6.99. The normalized spacial score (nSPS) is 10.8. The Hall–Kier alpha value is -1.46. The summed E-state index contributed by atoms with van der Waals surface area (Å²) in [5.41, 5.74) is 2.14. The quantitative estimate of drug-likeness (QED) is 0.699. The molecular weight excluding hydrogens is 252 g/mol. The van der Waals surface area contributed by atoms with E-state index in [0.717, 1.165) is 30.3 Å². The molecule has 0 aliphatic heterocycles. The van der Waals surface area contributed by atoms with E-state index in [4.69, 9.17) is 4.74 Å². The lowest BCUT2D eigenvalue weighted by Crippen LogP contribution is -2.29. The number of aromatic nitrogens is 2. The van der Waals surface area contributed by atoms with Crippen molar-refractivity contribution >= 4 is 5.95 Å². The van der Waals surface area contributed by atoms with Crippen LogP contribution < -0.4 is 10.2 Å². The molecule has 0 aliphatic carbocycles. The number of nitrogens with zero attached hydrogens (tertiary/aromatic N) is 3. The highest BCUT2D eigenvalue weighted by atomic mass is 16.5. The second kappa shape index (κ2) is 8.66. The highest BCUT2D eigenvalue weighted by Gasteiger charge is 2.10. The van der Waals surface area contributed by atoms with Gasteiger partial charge in [0.05, 0.1) is 6.61 Å². The van der Waals surface area contributed by atoms with Gasteiger partial charge in [-0.3, -0.25) is 0 Å². The molecule has 0 saturated carbocycles. The van der Waals surface area contributed by atoms with Crippen LogP contribution in [0.5, 0.6) is 0 Å². The smallest absolute Gasteiger partial charge is 0.225 e. The zero-order valence-electron chi connectivity index (χ0n) is 13.0. The fourth-order valence-electron chi connectivity index (χ4n) is 1.75. The van der Waals surface area contributed by atoms with Gasteiger partial charge in [0, 0.05) is 50.2 Å². The number of methoxy groups -OCH3 is 1. The van der Waals surface area contributed by atoms with Gasteiger partial charge >= 0.3 is 0 Å². The minimum absolute atomic E-state index is 0.452. The third kappa shape index (κ3) is 5.27. The molecule has 0 bridgehead atoms. The maximum atomic E-state index is 5.12. The molecule has 0 saturated heterocycles. The van der Waals surface area contributed by atoms with Crippen LogP contribution in [0.1, 0.15) is 25.1 Å². The monoisotopic (exact) mass is 278 g/mol. The Morgan fingerprint density at radius 3 is 2.80 bits per heavy atom. The van der Waals surface area contributed by atoms with Gasteiger partial charge in [0.25, 0.3) is 0 Å². The standard InChI is InChI=1S/C15H26N4O/c1-6-7-19(8-9-20-5)15-17-11-14(13(4)18-15)10-16-12(2)3/h6,11-12,16H,1,7-10H2,2-5H3. The Kier molecular flexibility index (Phi) is 7.18. The molecule has 5 nitrogen and oxygen atoms in total. The predicted octanol–water partition coefficient (Wildman–Crippen LogP) is 1.92. The maximum Gasteiger partial charge on any atom is 0.225 e. The van der Waals surface area contributed by atoms with Gasteiger partial charge in [0.2, 0.25) is 5.95 Å². The highest BCUT2D eigenvalue weighted by Crippen LogP contribution is 2.11. The van der Waals surface area contributed by atoms with E-state index in [1.165, 1.54) is 0 Å². The lowest BCUT2D eigenvalue weighted by Gasteiger charge is -2.21. The molecule has 1 rings (SSSR count). The highest BCUT2D eigenvalue weighted by molar-refractivity contribution is 5.33. The minimum Gasteiger partial charge on any atom is -0.383 e. The van der Waals surface area contributed by atoms with Gasteiger partial charge in [-0.05, 0) is 6.92 Å². The molecule has 112 valence electrons. The van der Waals surface area contributed by atoms with Crippen molar-refractivity contribution in [3.63, 3.8) is 0 Å². The molecule has 1 N–H and O–H groups in total. The first-order chi connectivity index (χ1) is 9.58. The summed E-state index contributed by atoms with van der Waals surface area (Å²) in [7, 11) is 1.69. The van der Waals surface area contributed by atoms with Gasteiger partial charge in [-0.25, -0.2) is 9.97 Å². The van der Waals surface area contributed by atoms with Gasteiger partial charge in [-0.15, -0.1) is 6.58 Å². The molecule has 0 fully saturated rings. The van der Waals surface area contributed by atoms with Crippen molar-refractivity contribution < 1.29 is 4.74 Å². The van der Waals surface area contributed by atoms with E-state index in [-0.39, 0.29) is 0 Å². The zero-order chi connectivity index (χ0) is 15.0. The van der Waals surface area contributed by atoms with Gasteiger partial charge in [0.15, 0.2) is 0 Å². The number of hydrogen-bond acceptors (Lipinski definition) is 5. The van der Waals surface area contributed by atoms with Crippen LogP contribution >= 0.6 is 0 Å². The van der Waals surface area contributed by atoms with Crippen LogP contribution in [0.2, 0.25) is 0 Å². The van der Waals surface area contributed by atoms with E-state index < -0.39 is 0 Å². The van der Waals surface area contributed by atoms with Crippen molar-refractivity contribution in [2.24, 2.45) is 0 Å². The summed E-state index contributed by atoms with van der Waals surface area (Å²) in [6, 6.07) is 0.452. The Morgan fingerprint density at radius 2 is 2.25 bits per heavy atom. The minimum atomic E-state index is 0.452. The largest absolute Gasteiger partial charge is 0.383 e. The lowest BCUT2D eigenvalue weighted by atomic mass is 10.2. The van der Waals surface area contributed by atoms with Crippen LogP contribution in [0.15, 0.2) is 18.9 Å². The molecule has 0 unspecified atom stereocenters. The average Bonchev–Trinajstić information content (AvgIpc) is 2.42. The summed E-state index contributed by atoms with van der Waals surface area (Å²) in [4.78, 5) is 11.1. The predicted molar refractivity (Wildman–Crippen MR) is 83.0 cm³/mol. The molecule has 0 atom stereocenters. The van der Waals surface area contributed by atoms with Crippen LogP contribution in [-0.2, 0) is 11.3 Å². The second-order valence-corrected chi connectivity index (χ2v) is 5.04. The molecule has 5 heteroatoms. The summed E-state index contributed by atoms with van der Waals surface area (Å²) in [5, 5.41) is 3.38. The van der Waals surface area contributed by atoms with Crippen molar-refractivity contribution in [2.45, 2.75) is 33.4 Å². The van der Waals surface area contributed by atoms with E-state index in [1.807, 2.05) is 19.2 Å². The van der Waals surface area contributed by atoms with Gasteiger partial charge in [0.1, 0.15) is 0 Å². The summed E-state index contributed by atoms with van der Waals surface area (Å²) in [5.74, 6) is 0.729. The molecule has 0 aliphatic rings. The number of aryl methyl sites for hydroxylation is 1. The van der Waals surface area contributed by atoms with Crippen LogP contribution in [0.3, 0.4) is 0 Å². The molecular formula is C15H26N4O. The summed E-state index contributed by atoms with van der Waals surface area (Å²) < 4.78 is 5.12. The fraction of sp³-hybridized carbons (Fsp3) is 0.600. The molecule has 1 aromatic rings. The Balaban J connectivity index is 2.79. The number of ether oxygens (including phenoxy) is 1. The molecule has 0 spiro atoms. The first kappa shape index (κ1) is 16.6. The Bertz CT molecular complexity index is 420. The lowest BCUT2D eigenvalue weighted by molar-refractivity contribution is 0.205. The van der Waals surface area contributed by atoms with Crippen molar-refractivity contribution in [2.75, 3.05) is 31.7 Å². The summed E-state index contributed by atoms with van der Waals surface area (Å²) in [6.45, 7) is 13.0. The van der Waals surface area contributed by atoms with Crippen LogP contribution in [-0.4, -0.2) is 42.8 Å². The Morgan fingerprint density at radius 1 is 1.50 bits per heavy atom. The maximum absolute atomic E-state index is 5.12. The number of rotatable bonds is 9. The van der Waals surface area contributed by atoms with E-state index in [9.17, 15) is 0 Å². The van der Waals surface area contributed by atoms with Crippen molar-refractivity contribution in [1.29, 1.82) is 0 Å². The molecule has 0 aromatic carbocycles. The number of nitrogens with one attached hydrogen (secondary N) is 1. The zero-order valence-corrected chi connectivity index (χ0v) is 13.0. The third-order valence-electron chi connectivity index (χ3n) is 2.97. The number of anilines is 1. The van der Waals surface area contributed by atoms with Crippen molar-refractivity contribution in [3.05, 3.63) is 30.1 Å². The topological polar surface area (TPSA) is 50.3 Å². The van der Waals surface area contributed by atoms with Gasteiger partial charge in [-0.1, -0.05) is 19.9 Å². The van der Waals surface area contributed by atoms with Gasteiger partial charge in [-0.2, -0.15) is 0 Å². The number of hydrogen-bond donors (Lipinski definition) is 1. The van der Waals surface area contributed by atoms with E-state index in [1.54, 1.807) is 7.11 Å². The third-order valence-corrected chi connectivity index (χ3v) is 2.97. The summed E-state index contributed by atoms with van der Waals surface area (Å²) >= 11 is 0. The summed E-state index contributed by atoms with van der Waals surface area (Å²) in [6.07, 6.45) is 3.75. The van der Waals surface area contributed by atoms with Crippen LogP contribution in [0.25, 0.3) is 0 Å². The van der Waals surface area contributed by atoms with E-state index in [0.29, 0.717) is 19.2 Å². The van der Waals surface area contributed by atoms with Crippen molar-refractivity contribution in [3.8, 4) is 0 Å². The molecule has 1 aromatic heterocycles. The van der Waals surface area contributed by atoms with Crippen molar-refractivity contribution in [1.82, 2.24) is 15.3 Å². The molecule has 1 heterocycles. The average molecular weight is 278 g/mol. The molecule has 0 radical (unpaired) electrons. The molecule has 0 amide bonds. The van der Waals surface area contributed by atoms with Crippen LogP contribution in [0, 0.1) is 6.92 Å². The Labute approximate surface area is 122 Å². The van der Waals surface area contributed by atoms with Crippen LogP contribution in [0.4, 0.5) is 5.95 Å².